The van der Waals surface area contributed by atoms with Gasteiger partial charge in [0.25, 0.3) is 0 Å². The van der Waals surface area contributed by atoms with Crippen molar-refractivity contribution in [2.24, 2.45) is 0 Å². The third-order valence-corrected chi connectivity index (χ3v) is 2.74. The van der Waals surface area contributed by atoms with Crippen LogP contribution in [0.1, 0.15) is 25.2 Å². The number of hydrogen-bond acceptors (Lipinski definition) is 4. The van der Waals surface area contributed by atoms with Crippen molar-refractivity contribution < 1.29 is 9.90 Å². The number of anilines is 1. The number of nitrogens with zero attached hydrogens (tertiary/aromatic N) is 3. The third-order valence-electron chi connectivity index (χ3n) is 2.74. The fourth-order valence-corrected chi connectivity index (χ4v) is 1.94. The molecule has 2 N–H and O–H groups in total. The zero-order valence-electron chi connectivity index (χ0n) is 10.9. The van der Waals surface area contributed by atoms with E-state index in [4.69, 9.17) is 0 Å². The molecule has 2 rings (SSSR count). The first kappa shape index (κ1) is 13.2. The molecule has 0 aliphatic carbocycles. The van der Waals surface area contributed by atoms with Crippen molar-refractivity contribution in [3.8, 4) is 5.69 Å². The molecule has 0 radical (unpaired) electrons. The predicted octanol–water partition coefficient (Wildman–Crippen LogP) is 1.28. The first-order valence-electron chi connectivity index (χ1n) is 6.08. The van der Waals surface area contributed by atoms with Crippen molar-refractivity contribution in [3.05, 3.63) is 35.7 Å². The van der Waals surface area contributed by atoms with Gasteiger partial charge < -0.3 is 10.4 Å². The molecule has 0 unspecified atom stereocenters. The van der Waals surface area contributed by atoms with E-state index in [0.717, 1.165) is 11.4 Å². The molecule has 19 heavy (non-hydrogen) atoms. The summed E-state index contributed by atoms with van der Waals surface area (Å²) in [6, 6.07) is 7.33. The smallest absolute Gasteiger partial charge is 0.221 e. The van der Waals surface area contributed by atoms with E-state index in [1.165, 1.54) is 6.92 Å². The number of aliphatic hydroxyl groups is 1. The summed E-state index contributed by atoms with van der Waals surface area (Å²) in [4.78, 5) is 11.1. The Morgan fingerprint density at radius 3 is 2.89 bits per heavy atom. The molecule has 0 saturated carbocycles. The second-order valence-corrected chi connectivity index (χ2v) is 4.14. The molecular weight excluding hydrogens is 244 g/mol. The first-order valence-corrected chi connectivity index (χ1v) is 6.08. The van der Waals surface area contributed by atoms with E-state index in [9.17, 15) is 9.90 Å². The maximum Gasteiger partial charge on any atom is 0.221 e. The quantitative estimate of drug-likeness (QED) is 0.867. The number of benzene rings is 1. The first-order chi connectivity index (χ1) is 9.15. The zero-order valence-corrected chi connectivity index (χ0v) is 10.9. The molecule has 1 aromatic carbocycles. The summed E-state index contributed by atoms with van der Waals surface area (Å²) >= 11 is 0. The van der Waals surface area contributed by atoms with Gasteiger partial charge in [-0.15, -0.1) is 5.10 Å². The third kappa shape index (κ3) is 2.79. The van der Waals surface area contributed by atoms with Gasteiger partial charge in [-0.2, -0.15) is 0 Å². The van der Waals surface area contributed by atoms with Gasteiger partial charge in [-0.1, -0.05) is 18.2 Å². The Morgan fingerprint density at radius 1 is 1.47 bits per heavy atom. The lowest BCUT2D eigenvalue weighted by Gasteiger charge is -2.08. The second-order valence-electron chi connectivity index (χ2n) is 4.14. The molecule has 1 amide bonds. The van der Waals surface area contributed by atoms with Gasteiger partial charge >= 0.3 is 0 Å². The number of aromatic nitrogens is 3. The summed E-state index contributed by atoms with van der Waals surface area (Å²) in [5.74, 6) is -0.123. The monoisotopic (exact) mass is 260 g/mol. The Kier molecular flexibility index (Phi) is 3.91. The molecule has 6 heteroatoms. The van der Waals surface area contributed by atoms with Crippen molar-refractivity contribution in [3.63, 3.8) is 0 Å². The van der Waals surface area contributed by atoms with Crippen molar-refractivity contribution >= 4 is 11.6 Å². The summed E-state index contributed by atoms with van der Waals surface area (Å²) in [7, 11) is 0. The lowest BCUT2D eigenvalue weighted by molar-refractivity contribution is -0.114. The molecular formula is C13H16N4O2. The fourth-order valence-electron chi connectivity index (χ4n) is 1.94. The van der Waals surface area contributed by atoms with Crippen LogP contribution in [0.2, 0.25) is 0 Å². The molecule has 0 bridgehead atoms. The summed E-state index contributed by atoms with van der Waals surface area (Å²) < 4.78 is 1.68. The van der Waals surface area contributed by atoms with Crippen LogP contribution in [0.15, 0.2) is 24.3 Å². The molecule has 6 nitrogen and oxygen atoms in total. The topological polar surface area (TPSA) is 80.0 Å². The van der Waals surface area contributed by atoms with Crippen LogP contribution in [-0.4, -0.2) is 26.0 Å². The van der Waals surface area contributed by atoms with E-state index in [1.54, 1.807) is 10.7 Å². The molecule has 0 spiro atoms. The lowest BCUT2D eigenvalue weighted by atomic mass is 10.2. The fraction of sp³-hybridized carbons (Fsp3) is 0.308. The molecule has 0 saturated heterocycles. The van der Waals surface area contributed by atoms with E-state index in [0.29, 0.717) is 17.8 Å². The van der Waals surface area contributed by atoms with E-state index in [1.807, 2.05) is 25.1 Å². The average Bonchev–Trinajstić information content (AvgIpc) is 2.81. The highest BCUT2D eigenvalue weighted by Crippen LogP contribution is 2.17. The average molecular weight is 260 g/mol. The van der Waals surface area contributed by atoms with Crippen LogP contribution in [0.3, 0.4) is 0 Å². The number of amides is 1. The largest absolute Gasteiger partial charge is 0.390 e. The number of nitrogens with one attached hydrogen (secondary N) is 1. The Morgan fingerprint density at radius 2 is 2.26 bits per heavy atom. The molecule has 1 heterocycles. The highest BCUT2D eigenvalue weighted by Gasteiger charge is 2.12. The van der Waals surface area contributed by atoms with E-state index in [2.05, 4.69) is 15.6 Å². The predicted molar refractivity (Wildman–Crippen MR) is 71.0 cm³/mol. The number of carbonyl (C=O) groups is 1. The summed E-state index contributed by atoms with van der Waals surface area (Å²) in [6.07, 6.45) is 0.716. The SMILES string of the molecule is CCc1c(CO)nnn1-c1cccc(NC(C)=O)c1. The van der Waals surface area contributed by atoms with Crippen LogP contribution >= 0.6 is 0 Å². The van der Waals surface area contributed by atoms with Gasteiger partial charge in [-0.3, -0.25) is 4.79 Å². The van der Waals surface area contributed by atoms with Gasteiger partial charge in [0.2, 0.25) is 5.91 Å². The van der Waals surface area contributed by atoms with Crippen molar-refractivity contribution in [2.45, 2.75) is 26.9 Å². The van der Waals surface area contributed by atoms with E-state index >= 15 is 0 Å². The van der Waals surface area contributed by atoms with Crippen LogP contribution in [0, 0.1) is 0 Å². The number of carbonyl (C=O) groups excluding carboxylic acids is 1. The van der Waals surface area contributed by atoms with Crippen LogP contribution in [0.25, 0.3) is 5.69 Å². The standard InChI is InChI=1S/C13H16N4O2/c1-3-13-12(8-18)15-16-17(13)11-6-4-5-10(7-11)14-9(2)19/h4-7,18H,3,8H2,1-2H3,(H,14,19). The lowest BCUT2D eigenvalue weighted by Crippen LogP contribution is -2.07. The van der Waals surface area contributed by atoms with E-state index in [-0.39, 0.29) is 12.5 Å². The molecule has 1 aromatic heterocycles. The molecule has 0 fully saturated rings. The minimum absolute atomic E-state index is 0.123. The Labute approximate surface area is 111 Å². The molecule has 0 aliphatic rings. The van der Waals surface area contributed by atoms with Gasteiger partial charge in [-0.05, 0) is 24.6 Å². The Bertz CT molecular complexity index is 592. The van der Waals surface area contributed by atoms with Crippen molar-refractivity contribution in [1.82, 2.24) is 15.0 Å². The highest BCUT2D eigenvalue weighted by atomic mass is 16.3. The summed E-state index contributed by atoms with van der Waals surface area (Å²) in [5.41, 5.74) is 2.94. The number of hydrogen-bond donors (Lipinski definition) is 2. The van der Waals surface area contributed by atoms with Gasteiger partial charge in [0.05, 0.1) is 18.0 Å². The zero-order chi connectivity index (χ0) is 13.8. The van der Waals surface area contributed by atoms with Crippen LogP contribution in [0.5, 0.6) is 0 Å². The van der Waals surface area contributed by atoms with Crippen molar-refractivity contribution in [1.29, 1.82) is 0 Å². The van der Waals surface area contributed by atoms with Crippen LogP contribution in [0.4, 0.5) is 5.69 Å². The van der Waals surface area contributed by atoms with E-state index < -0.39 is 0 Å². The maximum atomic E-state index is 11.1. The molecule has 0 aliphatic heterocycles. The Balaban J connectivity index is 2.41. The second kappa shape index (κ2) is 5.62. The minimum Gasteiger partial charge on any atom is -0.390 e. The summed E-state index contributed by atoms with van der Waals surface area (Å²) in [5, 5.41) is 19.9. The number of rotatable bonds is 4. The van der Waals surface area contributed by atoms with Gasteiger partial charge in [0, 0.05) is 12.6 Å². The normalized spacial score (nSPS) is 10.5. The molecule has 0 atom stereocenters. The maximum absolute atomic E-state index is 11.1. The highest BCUT2D eigenvalue weighted by molar-refractivity contribution is 5.88. The van der Waals surface area contributed by atoms with Crippen LogP contribution < -0.4 is 5.32 Å². The minimum atomic E-state index is -0.130. The van der Waals surface area contributed by atoms with Crippen molar-refractivity contribution in [2.75, 3.05) is 5.32 Å². The summed E-state index contributed by atoms with van der Waals surface area (Å²) in [6.45, 7) is 3.31. The molecule has 2 aromatic rings. The number of aliphatic hydroxyl groups excluding tert-OH is 1. The molecule has 100 valence electrons. The Hall–Kier alpha value is -2.21. The van der Waals surface area contributed by atoms with Gasteiger partial charge in [-0.25, -0.2) is 4.68 Å². The van der Waals surface area contributed by atoms with Gasteiger partial charge in [0.1, 0.15) is 5.69 Å². The van der Waals surface area contributed by atoms with Gasteiger partial charge in [0.15, 0.2) is 0 Å². The van der Waals surface area contributed by atoms with Crippen LogP contribution in [-0.2, 0) is 17.8 Å².